The molecular weight excluding hydrogens is 177 g/mol. The van der Waals surface area contributed by atoms with E-state index in [1.165, 1.54) is 18.4 Å². The summed E-state index contributed by atoms with van der Waals surface area (Å²) in [7, 11) is 0. The summed E-state index contributed by atoms with van der Waals surface area (Å²) in [5, 5.41) is 3.25. The predicted molar refractivity (Wildman–Crippen MR) is 55.8 cm³/mol. The molecule has 1 saturated carbocycles. The molecule has 0 unspecified atom stereocenters. The summed E-state index contributed by atoms with van der Waals surface area (Å²) in [6.45, 7) is 3.79. The van der Waals surface area contributed by atoms with Crippen molar-refractivity contribution in [2.75, 3.05) is 6.54 Å². The maximum Gasteiger partial charge on any atom is 0.123 e. The SMILES string of the molecule is CCNCc1cc(F)ccc1C1CC1. The van der Waals surface area contributed by atoms with Gasteiger partial charge in [-0.25, -0.2) is 4.39 Å². The van der Waals surface area contributed by atoms with Gasteiger partial charge in [0.15, 0.2) is 0 Å². The molecule has 0 aromatic heterocycles. The zero-order valence-electron chi connectivity index (χ0n) is 8.52. The molecule has 0 spiro atoms. The summed E-state index contributed by atoms with van der Waals surface area (Å²) in [4.78, 5) is 0. The van der Waals surface area contributed by atoms with Gasteiger partial charge in [0.25, 0.3) is 0 Å². The third kappa shape index (κ3) is 2.13. The maximum absolute atomic E-state index is 13.0. The van der Waals surface area contributed by atoms with Crippen molar-refractivity contribution in [3.8, 4) is 0 Å². The van der Waals surface area contributed by atoms with Gasteiger partial charge in [0, 0.05) is 6.54 Å². The van der Waals surface area contributed by atoms with Gasteiger partial charge in [0.1, 0.15) is 5.82 Å². The molecular formula is C12H16FN. The molecule has 1 aliphatic carbocycles. The second-order valence-corrected chi connectivity index (χ2v) is 3.90. The lowest BCUT2D eigenvalue weighted by molar-refractivity contribution is 0.620. The average molecular weight is 193 g/mol. The fourth-order valence-electron chi connectivity index (χ4n) is 1.78. The third-order valence-corrected chi connectivity index (χ3v) is 2.69. The number of nitrogens with one attached hydrogen (secondary N) is 1. The predicted octanol–water partition coefficient (Wildman–Crippen LogP) is 2.81. The van der Waals surface area contributed by atoms with Crippen molar-refractivity contribution in [3.05, 3.63) is 35.1 Å². The molecule has 1 aliphatic rings. The molecule has 1 fully saturated rings. The Kier molecular flexibility index (Phi) is 2.82. The maximum atomic E-state index is 13.0. The van der Waals surface area contributed by atoms with Gasteiger partial charge in [-0.1, -0.05) is 13.0 Å². The van der Waals surface area contributed by atoms with Crippen molar-refractivity contribution in [1.29, 1.82) is 0 Å². The van der Waals surface area contributed by atoms with E-state index in [0.29, 0.717) is 5.92 Å². The summed E-state index contributed by atoms with van der Waals surface area (Å²) < 4.78 is 13.0. The van der Waals surface area contributed by atoms with Gasteiger partial charge in [-0.3, -0.25) is 0 Å². The minimum absolute atomic E-state index is 0.123. The number of hydrogen-bond donors (Lipinski definition) is 1. The van der Waals surface area contributed by atoms with Gasteiger partial charge < -0.3 is 5.32 Å². The molecule has 0 bridgehead atoms. The molecule has 1 N–H and O–H groups in total. The zero-order valence-corrected chi connectivity index (χ0v) is 8.52. The molecule has 2 rings (SSSR count). The summed E-state index contributed by atoms with van der Waals surface area (Å²) in [5.41, 5.74) is 2.47. The first-order valence-electron chi connectivity index (χ1n) is 5.30. The lowest BCUT2D eigenvalue weighted by Gasteiger charge is -2.08. The Morgan fingerprint density at radius 1 is 1.43 bits per heavy atom. The second kappa shape index (κ2) is 4.09. The van der Waals surface area contributed by atoms with Gasteiger partial charge in [-0.2, -0.15) is 0 Å². The highest BCUT2D eigenvalue weighted by atomic mass is 19.1. The number of benzene rings is 1. The number of rotatable bonds is 4. The second-order valence-electron chi connectivity index (χ2n) is 3.90. The Morgan fingerprint density at radius 3 is 2.86 bits per heavy atom. The minimum atomic E-state index is -0.123. The lowest BCUT2D eigenvalue weighted by atomic mass is 10.0. The van der Waals surface area contributed by atoms with Crippen LogP contribution in [0.15, 0.2) is 18.2 Å². The summed E-state index contributed by atoms with van der Waals surface area (Å²) >= 11 is 0. The molecule has 1 aromatic carbocycles. The average Bonchev–Trinajstić information content (AvgIpc) is 2.98. The summed E-state index contributed by atoms with van der Waals surface area (Å²) in [6, 6.07) is 5.18. The van der Waals surface area contributed by atoms with E-state index in [4.69, 9.17) is 0 Å². The van der Waals surface area contributed by atoms with Gasteiger partial charge >= 0.3 is 0 Å². The van der Waals surface area contributed by atoms with E-state index in [2.05, 4.69) is 12.2 Å². The van der Waals surface area contributed by atoms with Crippen LogP contribution in [-0.2, 0) is 6.54 Å². The van der Waals surface area contributed by atoms with Crippen LogP contribution in [0, 0.1) is 5.82 Å². The topological polar surface area (TPSA) is 12.0 Å². The molecule has 0 amide bonds. The quantitative estimate of drug-likeness (QED) is 0.775. The summed E-state index contributed by atoms with van der Waals surface area (Å²) in [5.74, 6) is 0.576. The molecule has 0 atom stereocenters. The van der Waals surface area contributed by atoms with Crippen LogP contribution in [0.4, 0.5) is 4.39 Å². The van der Waals surface area contributed by atoms with Gasteiger partial charge in [-0.05, 0) is 48.6 Å². The summed E-state index contributed by atoms with van der Waals surface area (Å²) in [6.07, 6.45) is 2.54. The Bertz CT molecular complexity index is 318. The molecule has 0 heterocycles. The van der Waals surface area contributed by atoms with Crippen LogP contribution < -0.4 is 5.32 Å². The standard InChI is InChI=1S/C12H16FN/c1-2-14-8-10-7-11(13)5-6-12(10)9-3-4-9/h5-7,9,14H,2-4,8H2,1H3. The van der Waals surface area contributed by atoms with E-state index in [1.54, 1.807) is 12.1 Å². The lowest BCUT2D eigenvalue weighted by Crippen LogP contribution is -2.13. The minimum Gasteiger partial charge on any atom is -0.313 e. The molecule has 1 aromatic rings. The highest BCUT2D eigenvalue weighted by Gasteiger charge is 2.25. The highest BCUT2D eigenvalue weighted by molar-refractivity contribution is 5.33. The molecule has 1 nitrogen and oxygen atoms in total. The smallest absolute Gasteiger partial charge is 0.123 e. The fourth-order valence-corrected chi connectivity index (χ4v) is 1.78. The van der Waals surface area contributed by atoms with Gasteiger partial charge in [0.05, 0.1) is 0 Å². The van der Waals surface area contributed by atoms with Crippen molar-refractivity contribution in [2.24, 2.45) is 0 Å². The van der Waals surface area contributed by atoms with Crippen molar-refractivity contribution in [1.82, 2.24) is 5.32 Å². The Balaban J connectivity index is 2.19. The first-order valence-corrected chi connectivity index (χ1v) is 5.30. The zero-order chi connectivity index (χ0) is 9.97. The molecule has 14 heavy (non-hydrogen) atoms. The Hall–Kier alpha value is -0.890. The van der Waals surface area contributed by atoms with Crippen LogP contribution in [0.1, 0.15) is 36.8 Å². The van der Waals surface area contributed by atoms with Crippen molar-refractivity contribution < 1.29 is 4.39 Å². The highest BCUT2D eigenvalue weighted by Crippen LogP contribution is 2.41. The number of halogens is 1. The monoisotopic (exact) mass is 193 g/mol. The largest absolute Gasteiger partial charge is 0.313 e. The number of hydrogen-bond acceptors (Lipinski definition) is 1. The normalized spacial score (nSPS) is 15.9. The van der Waals surface area contributed by atoms with E-state index in [1.807, 2.05) is 6.07 Å². The first-order chi connectivity index (χ1) is 6.81. The van der Waals surface area contributed by atoms with Gasteiger partial charge in [0.2, 0.25) is 0 Å². The fraction of sp³-hybridized carbons (Fsp3) is 0.500. The van der Waals surface area contributed by atoms with E-state index < -0.39 is 0 Å². The van der Waals surface area contributed by atoms with Crippen LogP contribution in [0.5, 0.6) is 0 Å². The van der Waals surface area contributed by atoms with E-state index >= 15 is 0 Å². The van der Waals surface area contributed by atoms with E-state index in [-0.39, 0.29) is 5.82 Å². The first kappa shape index (κ1) is 9.66. The molecule has 2 heteroatoms. The van der Waals surface area contributed by atoms with Crippen LogP contribution in [-0.4, -0.2) is 6.54 Å². The van der Waals surface area contributed by atoms with Crippen molar-refractivity contribution in [3.63, 3.8) is 0 Å². The van der Waals surface area contributed by atoms with Crippen molar-refractivity contribution in [2.45, 2.75) is 32.2 Å². The molecule has 76 valence electrons. The van der Waals surface area contributed by atoms with Crippen LogP contribution in [0.2, 0.25) is 0 Å². The van der Waals surface area contributed by atoms with Crippen LogP contribution >= 0.6 is 0 Å². The van der Waals surface area contributed by atoms with E-state index in [0.717, 1.165) is 18.7 Å². The molecule has 0 radical (unpaired) electrons. The molecule has 0 saturated heterocycles. The van der Waals surface area contributed by atoms with Crippen LogP contribution in [0.3, 0.4) is 0 Å². The Labute approximate surface area is 84.3 Å². The van der Waals surface area contributed by atoms with Gasteiger partial charge in [-0.15, -0.1) is 0 Å². The van der Waals surface area contributed by atoms with Crippen LogP contribution in [0.25, 0.3) is 0 Å². The van der Waals surface area contributed by atoms with E-state index in [9.17, 15) is 4.39 Å². The Morgan fingerprint density at radius 2 is 2.21 bits per heavy atom. The molecule has 0 aliphatic heterocycles. The van der Waals surface area contributed by atoms with Crippen molar-refractivity contribution >= 4 is 0 Å². The third-order valence-electron chi connectivity index (χ3n) is 2.69.